The summed E-state index contributed by atoms with van der Waals surface area (Å²) in [7, 11) is 0. The molecule has 1 amide bonds. The van der Waals surface area contributed by atoms with Crippen molar-refractivity contribution < 1.29 is 14.3 Å². The van der Waals surface area contributed by atoms with E-state index in [2.05, 4.69) is 9.97 Å². The van der Waals surface area contributed by atoms with E-state index in [0.717, 1.165) is 6.42 Å². The maximum Gasteiger partial charge on any atom is 0.365 e. The van der Waals surface area contributed by atoms with Gasteiger partial charge in [0.15, 0.2) is 6.10 Å². The molecule has 0 bridgehead atoms. The molecule has 2 atom stereocenters. The Morgan fingerprint density at radius 3 is 2.63 bits per heavy atom. The lowest BCUT2D eigenvalue weighted by Crippen LogP contribution is -2.29. The fourth-order valence-electron chi connectivity index (χ4n) is 3.95. The lowest BCUT2D eigenvalue weighted by atomic mass is 10.1. The first kappa shape index (κ1) is 20.6. The molecule has 1 saturated carbocycles. The van der Waals surface area contributed by atoms with Crippen LogP contribution >= 0.6 is 11.6 Å². The van der Waals surface area contributed by atoms with Crippen LogP contribution in [0.25, 0.3) is 0 Å². The summed E-state index contributed by atoms with van der Waals surface area (Å²) < 4.78 is 5.91. The van der Waals surface area contributed by atoms with Gasteiger partial charge in [0, 0.05) is 18.3 Å². The van der Waals surface area contributed by atoms with Crippen LogP contribution in [0.4, 0.5) is 0 Å². The molecule has 1 aliphatic heterocycles. The Kier molecular flexibility index (Phi) is 5.66. The number of hydrogen-bond acceptors (Lipinski definition) is 5. The first-order chi connectivity index (χ1) is 14.3. The van der Waals surface area contributed by atoms with Crippen LogP contribution in [-0.2, 0) is 4.42 Å². The summed E-state index contributed by atoms with van der Waals surface area (Å²) in [4.78, 5) is 23.8. The highest BCUT2D eigenvalue weighted by Gasteiger charge is 2.37. The lowest BCUT2D eigenvalue weighted by Gasteiger charge is -2.15. The molecule has 2 unspecified atom stereocenters. The molecule has 30 heavy (non-hydrogen) atoms. The predicted octanol–water partition coefficient (Wildman–Crippen LogP) is 3.37. The minimum atomic E-state index is -0.592. The SMILES string of the molecule is Cc1nc(C2CN(C(=O)c3ccccc3[O+]=C3CCCC3O)CC2=N)nc(C)c1Cl. The Labute approximate surface area is 179 Å². The topological polar surface area (TPSA) is 101 Å². The number of nitrogens with one attached hydrogen (secondary N) is 1. The zero-order chi connectivity index (χ0) is 21.4. The van der Waals surface area contributed by atoms with E-state index in [9.17, 15) is 9.90 Å². The third-order valence-corrected chi connectivity index (χ3v) is 6.16. The number of nitrogens with zero attached hydrogens (tertiary/aromatic N) is 3. The number of carbonyl (C=O) groups excluding carboxylic acids is 2. The third-order valence-electron chi connectivity index (χ3n) is 5.61. The van der Waals surface area contributed by atoms with Crippen molar-refractivity contribution in [1.29, 1.82) is 5.41 Å². The van der Waals surface area contributed by atoms with Gasteiger partial charge in [-0.2, -0.15) is 0 Å². The standard InChI is InChI=1S/C22H24ClN4O3/c1-12-20(23)13(2)26-21(25-12)15-10-27(11-16(15)24)22(29)14-6-3-4-8-18(14)30-19-9-5-7-17(19)28/h3-4,6,8,15,17,24,28H,5,7,9-11H2,1-2H3/q+1. The van der Waals surface area contributed by atoms with Gasteiger partial charge in [0.1, 0.15) is 11.4 Å². The molecule has 0 radical (unpaired) electrons. The molecule has 2 N–H and O–H groups in total. The van der Waals surface area contributed by atoms with Crippen LogP contribution in [-0.4, -0.2) is 56.6 Å². The van der Waals surface area contributed by atoms with Crippen molar-refractivity contribution in [2.24, 2.45) is 0 Å². The van der Waals surface area contributed by atoms with Crippen LogP contribution in [0.2, 0.25) is 5.02 Å². The van der Waals surface area contributed by atoms with E-state index in [4.69, 9.17) is 21.4 Å². The molecular weight excluding hydrogens is 404 g/mol. The summed E-state index contributed by atoms with van der Waals surface area (Å²) in [6.07, 6.45) is 1.65. The molecule has 1 aromatic carbocycles. The van der Waals surface area contributed by atoms with E-state index in [-0.39, 0.29) is 18.4 Å². The molecule has 2 heterocycles. The van der Waals surface area contributed by atoms with Crippen LogP contribution < -0.4 is 0 Å². The number of amides is 1. The van der Waals surface area contributed by atoms with Gasteiger partial charge in [-0.05, 0) is 32.8 Å². The van der Waals surface area contributed by atoms with Crippen molar-refractivity contribution in [3.8, 4) is 5.75 Å². The smallest absolute Gasteiger partial charge is 0.365 e. The number of ketones is 1. The molecule has 2 aromatic rings. The molecular formula is C22H24ClN4O3+. The van der Waals surface area contributed by atoms with Gasteiger partial charge in [-0.1, -0.05) is 23.7 Å². The molecule has 8 heteroatoms. The molecule has 7 nitrogen and oxygen atoms in total. The number of aryl methyl sites for hydroxylation is 2. The third kappa shape index (κ3) is 3.87. The minimum absolute atomic E-state index is 0.209. The van der Waals surface area contributed by atoms with Gasteiger partial charge >= 0.3 is 11.5 Å². The number of rotatable bonds is 3. The van der Waals surface area contributed by atoms with E-state index in [1.165, 1.54) is 0 Å². The van der Waals surface area contributed by atoms with E-state index in [0.29, 0.717) is 64.4 Å². The average molecular weight is 428 g/mol. The van der Waals surface area contributed by atoms with Crippen molar-refractivity contribution in [3.63, 3.8) is 0 Å². The number of halogens is 1. The van der Waals surface area contributed by atoms with Gasteiger partial charge < -0.3 is 15.4 Å². The van der Waals surface area contributed by atoms with Crippen molar-refractivity contribution >= 4 is 29.0 Å². The highest BCUT2D eigenvalue weighted by atomic mass is 35.5. The molecule has 4 rings (SSSR count). The quantitative estimate of drug-likeness (QED) is 0.733. The summed E-state index contributed by atoms with van der Waals surface area (Å²) in [5.41, 5.74) is 2.15. The number of hydrogen-bond donors (Lipinski definition) is 2. The van der Waals surface area contributed by atoms with Gasteiger partial charge in [-0.25, -0.2) is 14.4 Å². The number of benzene rings is 1. The summed E-state index contributed by atoms with van der Waals surface area (Å²) in [6, 6.07) is 7.03. The fraction of sp³-hybridized carbons (Fsp3) is 0.409. The van der Waals surface area contributed by atoms with Crippen molar-refractivity contribution in [2.45, 2.75) is 45.1 Å². The largest absolute Gasteiger partial charge is 0.380 e. The Balaban J connectivity index is 1.59. The highest BCUT2D eigenvalue weighted by Crippen LogP contribution is 2.29. The Bertz CT molecular complexity index is 1030. The fourth-order valence-corrected chi connectivity index (χ4v) is 4.03. The van der Waals surface area contributed by atoms with Crippen LogP contribution in [0.15, 0.2) is 24.3 Å². The number of para-hydroxylation sites is 1. The second-order valence-electron chi connectivity index (χ2n) is 7.80. The zero-order valence-electron chi connectivity index (χ0n) is 17.0. The molecule has 2 fully saturated rings. The Morgan fingerprint density at radius 1 is 1.27 bits per heavy atom. The summed E-state index contributed by atoms with van der Waals surface area (Å²) in [5.74, 6) is 0.977. The Morgan fingerprint density at radius 2 is 1.97 bits per heavy atom. The predicted molar refractivity (Wildman–Crippen MR) is 114 cm³/mol. The summed E-state index contributed by atoms with van der Waals surface area (Å²) in [6.45, 7) is 4.15. The number of aliphatic hydroxyl groups excluding tert-OH is 1. The molecule has 0 spiro atoms. The second kappa shape index (κ2) is 8.24. The lowest BCUT2D eigenvalue weighted by molar-refractivity contribution is -0.371. The van der Waals surface area contributed by atoms with Gasteiger partial charge in [-0.15, -0.1) is 0 Å². The van der Waals surface area contributed by atoms with E-state index in [1.807, 2.05) is 13.8 Å². The number of aliphatic hydroxyl groups is 1. The number of likely N-dealkylation sites (tertiary alicyclic amines) is 1. The van der Waals surface area contributed by atoms with Gasteiger partial charge in [0.2, 0.25) is 0 Å². The van der Waals surface area contributed by atoms with Crippen LogP contribution in [0, 0.1) is 19.3 Å². The maximum absolute atomic E-state index is 13.2. The normalized spacial score (nSPS) is 22.9. The number of aromatic nitrogens is 2. The average Bonchev–Trinajstić information content (AvgIpc) is 3.31. The maximum atomic E-state index is 13.2. The first-order valence-corrected chi connectivity index (χ1v) is 10.4. The molecule has 2 aliphatic rings. The van der Waals surface area contributed by atoms with E-state index < -0.39 is 6.10 Å². The monoisotopic (exact) mass is 427 g/mol. The van der Waals surface area contributed by atoms with Crippen LogP contribution in [0.5, 0.6) is 5.75 Å². The zero-order valence-corrected chi connectivity index (χ0v) is 17.7. The molecule has 1 saturated heterocycles. The number of carbonyl (C=O) groups is 1. The second-order valence-corrected chi connectivity index (χ2v) is 8.18. The van der Waals surface area contributed by atoms with Gasteiger partial charge in [-0.3, -0.25) is 4.79 Å². The van der Waals surface area contributed by atoms with E-state index >= 15 is 0 Å². The van der Waals surface area contributed by atoms with E-state index in [1.54, 1.807) is 29.2 Å². The molecule has 1 aliphatic carbocycles. The molecule has 156 valence electrons. The van der Waals surface area contributed by atoms with Crippen molar-refractivity contribution in [1.82, 2.24) is 14.9 Å². The van der Waals surface area contributed by atoms with Crippen LogP contribution in [0.1, 0.15) is 52.8 Å². The minimum Gasteiger partial charge on any atom is -0.380 e. The van der Waals surface area contributed by atoms with Gasteiger partial charge in [0.05, 0.1) is 35.3 Å². The first-order valence-electron chi connectivity index (χ1n) is 10.0. The Hall–Kier alpha value is -2.64. The molecule has 1 aromatic heterocycles. The summed E-state index contributed by atoms with van der Waals surface area (Å²) in [5, 5.41) is 19.0. The van der Waals surface area contributed by atoms with Crippen molar-refractivity contribution in [3.05, 3.63) is 52.1 Å². The van der Waals surface area contributed by atoms with Crippen LogP contribution in [0.3, 0.4) is 0 Å². The summed E-state index contributed by atoms with van der Waals surface area (Å²) >= 11 is 6.17. The van der Waals surface area contributed by atoms with Crippen molar-refractivity contribution in [2.75, 3.05) is 13.1 Å². The highest BCUT2D eigenvalue weighted by molar-refractivity contribution is 6.31. The van der Waals surface area contributed by atoms with Gasteiger partial charge in [0.25, 0.3) is 5.91 Å².